The number of aryl methyl sites for hydroxylation is 1. The monoisotopic (exact) mass is 464 g/mol. The second-order valence-corrected chi connectivity index (χ2v) is 10.8. The number of fused-ring (bicyclic) bond motifs is 1. The van der Waals surface area contributed by atoms with E-state index < -0.39 is 22.0 Å². The first-order valence-electron chi connectivity index (χ1n) is 10.8. The normalized spacial score (nSPS) is 24.0. The maximum atomic E-state index is 13.5. The molecule has 3 heterocycles. The average molecular weight is 465 g/mol. The Hall–Kier alpha value is -2.46. The standard InChI is InChI=1S/C22H26F2N4O3S/c1-14-3-6-20(27-9-7-17(29)8-10-27)25-21(14)15-4-5-18-19(11-15)26(2)32(30,31)28(18)13-16-12-22(16,23)24/h3-6,11,16-17,29H,7-10,12-13H2,1-2H3. The van der Waals surface area contributed by atoms with Crippen molar-refractivity contribution in [2.75, 3.05) is 40.2 Å². The van der Waals surface area contributed by atoms with Crippen molar-refractivity contribution in [1.29, 1.82) is 0 Å². The molecule has 10 heteroatoms. The van der Waals surface area contributed by atoms with Gasteiger partial charge >= 0.3 is 10.2 Å². The van der Waals surface area contributed by atoms with Crippen LogP contribution in [0.1, 0.15) is 24.8 Å². The first-order valence-corrected chi connectivity index (χ1v) is 12.2. The number of nitrogens with zero attached hydrogens (tertiary/aromatic N) is 4. The fraction of sp³-hybridized carbons (Fsp3) is 0.500. The third kappa shape index (κ3) is 3.49. The van der Waals surface area contributed by atoms with E-state index in [1.54, 1.807) is 18.2 Å². The number of anilines is 3. The summed E-state index contributed by atoms with van der Waals surface area (Å²) in [5.41, 5.74) is 3.33. The summed E-state index contributed by atoms with van der Waals surface area (Å²) in [5.74, 6) is -2.92. The van der Waals surface area contributed by atoms with Gasteiger partial charge in [-0.3, -0.25) is 8.61 Å². The smallest absolute Gasteiger partial charge is 0.326 e. The molecule has 0 spiro atoms. The molecule has 5 rings (SSSR count). The van der Waals surface area contributed by atoms with E-state index >= 15 is 0 Å². The van der Waals surface area contributed by atoms with Crippen LogP contribution in [-0.2, 0) is 10.2 Å². The maximum Gasteiger partial charge on any atom is 0.326 e. The number of benzene rings is 1. The van der Waals surface area contributed by atoms with Crippen molar-refractivity contribution in [2.45, 2.75) is 38.2 Å². The molecule has 3 aliphatic rings. The number of piperidine rings is 1. The van der Waals surface area contributed by atoms with Gasteiger partial charge in [-0.1, -0.05) is 12.1 Å². The van der Waals surface area contributed by atoms with E-state index in [-0.39, 0.29) is 19.1 Å². The van der Waals surface area contributed by atoms with Crippen molar-refractivity contribution in [3.05, 3.63) is 35.9 Å². The van der Waals surface area contributed by atoms with Crippen molar-refractivity contribution in [1.82, 2.24) is 4.98 Å². The molecule has 1 aliphatic carbocycles. The Kier molecular flexibility index (Phi) is 4.86. The van der Waals surface area contributed by atoms with E-state index in [1.807, 2.05) is 19.1 Å². The molecule has 0 radical (unpaired) electrons. The number of aliphatic hydroxyl groups excluding tert-OH is 1. The Morgan fingerprint density at radius 1 is 1.16 bits per heavy atom. The summed E-state index contributed by atoms with van der Waals surface area (Å²) in [6, 6.07) is 9.18. The van der Waals surface area contributed by atoms with E-state index in [4.69, 9.17) is 4.98 Å². The Balaban J connectivity index is 1.48. The van der Waals surface area contributed by atoms with Crippen LogP contribution in [0.3, 0.4) is 0 Å². The third-order valence-electron chi connectivity index (χ3n) is 6.69. The van der Waals surface area contributed by atoms with Crippen molar-refractivity contribution < 1.29 is 22.3 Å². The largest absolute Gasteiger partial charge is 0.393 e. The van der Waals surface area contributed by atoms with Crippen LogP contribution in [0.2, 0.25) is 0 Å². The molecule has 0 bridgehead atoms. The fourth-order valence-electron chi connectivity index (χ4n) is 4.47. The molecule has 1 aromatic heterocycles. The molecule has 1 N–H and O–H groups in total. The molecule has 32 heavy (non-hydrogen) atoms. The summed E-state index contributed by atoms with van der Waals surface area (Å²) in [5, 5.41) is 9.77. The van der Waals surface area contributed by atoms with Gasteiger partial charge < -0.3 is 10.0 Å². The molecule has 1 saturated carbocycles. The molecule has 2 aliphatic heterocycles. The second-order valence-electron chi connectivity index (χ2n) is 8.93. The van der Waals surface area contributed by atoms with Gasteiger partial charge in [-0.2, -0.15) is 8.42 Å². The first-order chi connectivity index (χ1) is 15.1. The minimum atomic E-state index is -3.89. The van der Waals surface area contributed by atoms with Gasteiger partial charge in [0.05, 0.1) is 23.2 Å². The number of hydrogen-bond acceptors (Lipinski definition) is 5. The van der Waals surface area contributed by atoms with Gasteiger partial charge in [0.15, 0.2) is 0 Å². The van der Waals surface area contributed by atoms with Crippen molar-refractivity contribution >= 4 is 27.4 Å². The highest BCUT2D eigenvalue weighted by Gasteiger charge is 2.59. The quantitative estimate of drug-likeness (QED) is 0.752. The minimum absolute atomic E-state index is 0.223. The predicted octanol–water partition coefficient (Wildman–Crippen LogP) is 3.17. The van der Waals surface area contributed by atoms with Crippen molar-refractivity contribution in [2.24, 2.45) is 5.92 Å². The van der Waals surface area contributed by atoms with E-state index in [9.17, 15) is 22.3 Å². The number of aliphatic hydroxyl groups is 1. The third-order valence-corrected chi connectivity index (χ3v) is 8.49. The fourth-order valence-corrected chi connectivity index (χ4v) is 5.93. The Labute approximate surface area is 186 Å². The van der Waals surface area contributed by atoms with Crippen LogP contribution in [0.4, 0.5) is 26.0 Å². The lowest BCUT2D eigenvalue weighted by atomic mass is 10.0. The molecule has 0 amide bonds. The van der Waals surface area contributed by atoms with E-state index in [1.165, 1.54) is 7.05 Å². The summed E-state index contributed by atoms with van der Waals surface area (Å²) in [6.07, 6.45) is 0.841. The zero-order valence-corrected chi connectivity index (χ0v) is 18.8. The van der Waals surface area contributed by atoms with Gasteiger partial charge in [0.1, 0.15) is 5.82 Å². The molecule has 2 fully saturated rings. The molecule has 1 aromatic carbocycles. The number of hydrogen-bond donors (Lipinski definition) is 1. The van der Waals surface area contributed by atoms with Crippen LogP contribution in [0, 0.1) is 12.8 Å². The van der Waals surface area contributed by atoms with Crippen molar-refractivity contribution in [3.8, 4) is 11.3 Å². The summed E-state index contributed by atoms with van der Waals surface area (Å²) in [6.45, 7) is 3.17. The highest BCUT2D eigenvalue weighted by molar-refractivity contribution is 7.94. The summed E-state index contributed by atoms with van der Waals surface area (Å²) < 4.78 is 54.9. The number of alkyl halides is 2. The van der Waals surface area contributed by atoms with E-state index in [0.717, 1.165) is 44.3 Å². The van der Waals surface area contributed by atoms with Crippen LogP contribution in [0.25, 0.3) is 11.3 Å². The second kappa shape index (κ2) is 7.28. The molecular weight excluding hydrogens is 438 g/mol. The van der Waals surface area contributed by atoms with Crippen LogP contribution in [0.5, 0.6) is 0 Å². The van der Waals surface area contributed by atoms with Gasteiger partial charge in [0.2, 0.25) is 0 Å². The van der Waals surface area contributed by atoms with Crippen LogP contribution in [0.15, 0.2) is 30.3 Å². The average Bonchev–Trinajstić information content (AvgIpc) is 3.32. The van der Waals surface area contributed by atoms with Gasteiger partial charge in [0, 0.05) is 44.6 Å². The molecule has 1 saturated heterocycles. The van der Waals surface area contributed by atoms with E-state index in [2.05, 4.69) is 4.90 Å². The molecule has 172 valence electrons. The summed E-state index contributed by atoms with van der Waals surface area (Å²) in [4.78, 5) is 6.97. The number of rotatable bonds is 4. The topological polar surface area (TPSA) is 77.0 Å². The van der Waals surface area contributed by atoms with Gasteiger partial charge in [-0.15, -0.1) is 0 Å². The maximum absolute atomic E-state index is 13.5. The first kappa shape index (κ1) is 21.4. The Morgan fingerprint density at radius 3 is 2.50 bits per heavy atom. The Bertz CT molecular complexity index is 1170. The van der Waals surface area contributed by atoms with Gasteiger partial charge in [-0.05, 0) is 43.5 Å². The van der Waals surface area contributed by atoms with Gasteiger partial charge in [0.25, 0.3) is 5.92 Å². The number of aromatic nitrogens is 1. The highest BCUT2D eigenvalue weighted by atomic mass is 32.2. The van der Waals surface area contributed by atoms with Gasteiger partial charge in [-0.25, -0.2) is 13.8 Å². The molecule has 7 nitrogen and oxygen atoms in total. The van der Waals surface area contributed by atoms with Crippen LogP contribution >= 0.6 is 0 Å². The predicted molar refractivity (Wildman–Crippen MR) is 120 cm³/mol. The number of pyridine rings is 1. The molecule has 1 unspecified atom stereocenters. The van der Waals surface area contributed by atoms with Crippen molar-refractivity contribution in [3.63, 3.8) is 0 Å². The van der Waals surface area contributed by atoms with E-state index in [0.29, 0.717) is 24.2 Å². The summed E-state index contributed by atoms with van der Waals surface area (Å²) >= 11 is 0. The zero-order valence-electron chi connectivity index (χ0n) is 18.0. The van der Waals surface area contributed by atoms with Crippen LogP contribution < -0.4 is 13.5 Å². The number of halogens is 2. The molecule has 2 aromatic rings. The highest BCUT2D eigenvalue weighted by Crippen LogP contribution is 2.51. The lowest BCUT2D eigenvalue weighted by Crippen LogP contribution is -2.37. The zero-order chi connectivity index (χ0) is 22.8. The lowest BCUT2D eigenvalue weighted by Gasteiger charge is -2.31. The minimum Gasteiger partial charge on any atom is -0.393 e. The molecular formula is C22H26F2N4O3S. The Morgan fingerprint density at radius 2 is 1.84 bits per heavy atom. The lowest BCUT2D eigenvalue weighted by molar-refractivity contribution is 0.101. The summed E-state index contributed by atoms with van der Waals surface area (Å²) in [7, 11) is -2.45. The molecule has 1 atom stereocenters. The SMILES string of the molecule is Cc1ccc(N2CCC(O)CC2)nc1-c1ccc2c(c1)N(C)S(=O)(=O)N2CC1CC1(F)F. The van der Waals surface area contributed by atoms with Crippen LogP contribution in [-0.4, -0.2) is 57.2 Å².